The van der Waals surface area contributed by atoms with Gasteiger partial charge in [-0.2, -0.15) is 0 Å². The van der Waals surface area contributed by atoms with Gasteiger partial charge in [0, 0.05) is 0 Å². The van der Waals surface area contributed by atoms with Crippen molar-refractivity contribution in [2.45, 2.75) is 58.8 Å². The van der Waals surface area contributed by atoms with E-state index < -0.39 is 0 Å². The molecule has 2 atom stereocenters. The van der Waals surface area contributed by atoms with E-state index in [-0.39, 0.29) is 0 Å². The second-order valence-corrected chi connectivity index (χ2v) is 5.80. The first-order chi connectivity index (χ1) is 10.1. The summed E-state index contributed by atoms with van der Waals surface area (Å²) in [4.78, 5) is 0. The minimum absolute atomic E-state index is 0.340. The minimum Gasteiger partial charge on any atom is -0.497 e. The predicted octanol–water partition coefficient (Wildman–Crippen LogP) is 5.02. The summed E-state index contributed by atoms with van der Waals surface area (Å²) in [6.07, 6.45) is 5.41. The summed E-state index contributed by atoms with van der Waals surface area (Å²) in [6, 6.07) is 8.60. The normalized spacial score (nSPS) is 24.0. The van der Waals surface area contributed by atoms with Gasteiger partial charge in [-0.3, -0.25) is 0 Å². The summed E-state index contributed by atoms with van der Waals surface area (Å²) in [5.74, 6) is 1.75. The third-order valence-corrected chi connectivity index (χ3v) is 4.40. The second-order valence-electron chi connectivity index (χ2n) is 5.80. The summed E-state index contributed by atoms with van der Waals surface area (Å²) in [7, 11) is 5.49. The number of methoxy groups -OCH3 is 1. The first kappa shape index (κ1) is 20.0. The van der Waals surface area contributed by atoms with Crippen LogP contribution < -0.4 is 10.1 Å². The SMILES string of the molecule is CC.CNC.COc1cccc([C@@]2(C)CCCCC2C)c1. The van der Waals surface area contributed by atoms with Gasteiger partial charge < -0.3 is 10.1 Å². The quantitative estimate of drug-likeness (QED) is 0.826. The Kier molecular flexibility index (Phi) is 10.2. The van der Waals surface area contributed by atoms with E-state index in [0.717, 1.165) is 11.7 Å². The average Bonchev–Trinajstić information content (AvgIpc) is 2.53. The Morgan fingerprint density at radius 2 is 1.81 bits per heavy atom. The van der Waals surface area contributed by atoms with Crippen LogP contribution in [0.15, 0.2) is 24.3 Å². The molecule has 122 valence electrons. The summed E-state index contributed by atoms with van der Waals surface area (Å²) in [6.45, 7) is 8.80. The Morgan fingerprint density at radius 1 is 1.19 bits per heavy atom. The molecule has 1 aromatic rings. The fourth-order valence-electron chi connectivity index (χ4n) is 2.91. The lowest BCUT2D eigenvalue weighted by molar-refractivity contribution is 0.220. The second kappa shape index (κ2) is 10.7. The van der Waals surface area contributed by atoms with Crippen LogP contribution in [-0.4, -0.2) is 21.2 Å². The number of benzene rings is 1. The predicted molar refractivity (Wildman–Crippen MR) is 94.3 cm³/mol. The number of rotatable bonds is 2. The third-order valence-electron chi connectivity index (χ3n) is 4.40. The molecule has 1 aromatic carbocycles. The van der Waals surface area contributed by atoms with E-state index in [1.54, 1.807) is 7.11 Å². The highest BCUT2D eigenvalue weighted by Gasteiger charge is 2.35. The molecule has 2 rings (SSSR count). The molecule has 2 heteroatoms. The van der Waals surface area contributed by atoms with Crippen molar-refractivity contribution in [2.24, 2.45) is 5.92 Å². The maximum Gasteiger partial charge on any atom is 0.119 e. The number of nitrogens with one attached hydrogen (secondary N) is 1. The number of ether oxygens (including phenoxy) is 1. The minimum atomic E-state index is 0.340. The van der Waals surface area contributed by atoms with E-state index in [1.807, 2.05) is 34.0 Å². The van der Waals surface area contributed by atoms with E-state index in [2.05, 4.69) is 37.4 Å². The Balaban J connectivity index is 0.000000713. The molecule has 1 saturated carbocycles. The lowest BCUT2D eigenvalue weighted by atomic mass is 9.64. The van der Waals surface area contributed by atoms with Gasteiger partial charge in [-0.25, -0.2) is 0 Å². The first-order valence-corrected chi connectivity index (χ1v) is 8.31. The van der Waals surface area contributed by atoms with Gasteiger partial charge in [0.1, 0.15) is 5.75 Å². The molecule has 1 aliphatic rings. The van der Waals surface area contributed by atoms with Crippen LogP contribution in [-0.2, 0) is 5.41 Å². The van der Waals surface area contributed by atoms with Crippen molar-refractivity contribution in [1.29, 1.82) is 0 Å². The third kappa shape index (κ3) is 5.70. The van der Waals surface area contributed by atoms with E-state index in [1.165, 1.54) is 31.2 Å². The summed E-state index contributed by atoms with van der Waals surface area (Å²) >= 11 is 0. The van der Waals surface area contributed by atoms with Crippen LogP contribution in [0.5, 0.6) is 5.75 Å². The van der Waals surface area contributed by atoms with Crippen molar-refractivity contribution < 1.29 is 4.74 Å². The summed E-state index contributed by atoms with van der Waals surface area (Å²) in [5, 5.41) is 2.75. The molecular formula is C19H35NO. The molecule has 1 N–H and O–H groups in total. The Labute approximate surface area is 132 Å². The first-order valence-electron chi connectivity index (χ1n) is 8.31. The van der Waals surface area contributed by atoms with Crippen LogP contribution in [0, 0.1) is 5.92 Å². The smallest absolute Gasteiger partial charge is 0.119 e. The molecule has 0 spiro atoms. The topological polar surface area (TPSA) is 21.3 Å². The van der Waals surface area contributed by atoms with Gasteiger partial charge in [0.05, 0.1) is 7.11 Å². The van der Waals surface area contributed by atoms with Gasteiger partial charge >= 0.3 is 0 Å². The van der Waals surface area contributed by atoms with Crippen LogP contribution >= 0.6 is 0 Å². The van der Waals surface area contributed by atoms with Crippen molar-refractivity contribution in [3.05, 3.63) is 29.8 Å². The molecule has 21 heavy (non-hydrogen) atoms. The molecule has 0 radical (unpaired) electrons. The summed E-state index contributed by atoms with van der Waals surface area (Å²) in [5.41, 5.74) is 1.78. The maximum atomic E-state index is 5.33. The molecule has 0 amide bonds. The lowest BCUT2D eigenvalue weighted by Crippen LogP contribution is -2.33. The van der Waals surface area contributed by atoms with Gasteiger partial charge in [0.25, 0.3) is 0 Å². The zero-order chi connectivity index (χ0) is 16.3. The molecule has 1 aliphatic carbocycles. The zero-order valence-corrected chi connectivity index (χ0v) is 15.1. The standard InChI is InChI=1S/C15H22O.C2H7N.C2H6/c1-12-7-4-5-10-15(12,2)13-8-6-9-14(11-13)16-3;1-3-2;1-2/h6,8-9,11-12H,4-5,7,10H2,1-3H3;3H,1-2H3;1-2H3/t12?,15-;;/m0../s1. The van der Waals surface area contributed by atoms with Crippen molar-refractivity contribution in [2.75, 3.05) is 21.2 Å². The number of hydrogen-bond acceptors (Lipinski definition) is 2. The van der Waals surface area contributed by atoms with Crippen LogP contribution in [0.4, 0.5) is 0 Å². The molecule has 0 aromatic heterocycles. The van der Waals surface area contributed by atoms with E-state index in [4.69, 9.17) is 4.74 Å². The molecule has 0 heterocycles. The molecule has 0 saturated heterocycles. The van der Waals surface area contributed by atoms with E-state index in [9.17, 15) is 0 Å². The Hall–Kier alpha value is -1.02. The Morgan fingerprint density at radius 3 is 2.33 bits per heavy atom. The largest absolute Gasteiger partial charge is 0.497 e. The van der Waals surface area contributed by atoms with Gasteiger partial charge in [-0.15, -0.1) is 0 Å². The zero-order valence-electron chi connectivity index (χ0n) is 15.1. The Bertz CT molecular complexity index is 378. The molecule has 0 aliphatic heterocycles. The fraction of sp³-hybridized carbons (Fsp3) is 0.684. The number of hydrogen-bond donors (Lipinski definition) is 1. The summed E-state index contributed by atoms with van der Waals surface area (Å²) < 4.78 is 5.33. The average molecular weight is 293 g/mol. The van der Waals surface area contributed by atoms with E-state index in [0.29, 0.717) is 5.41 Å². The van der Waals surface area contributed by atoms with Crippen molar-refractivity contribution in [3.8, 4) is 5.75 Å². The van der Waals surface area contributed by atoms with Crippen LogP contribution in [0.1, 0.15) is 58.9 Å². The van der Waals surface area contributed by atoms with Gasteiger partial charge in [0.2, 0.25) is 0 Å². The molecule has 1 fully saturated rings. The lowest BCUT2D eigenvalue weighted by Gasteiger charge is -2.40. The van der Waals surface area contributed by atoms with Crippen molar-refractivity contribution in [3.63, 3.8) is 0 Å². The molecule has 0 bridgehead atoms. The molecule has 1 unspecified atom stereocenters. The maximum absolute atomic E-state index is 5.33. The molecule has 2 nitrogen and oxygen atoms in total. The van der Waals surface area contributed by atoms with E-state index >= 15 is 0 Å². The van der Waals surface area contributed by atoms with Crippen molar-refractivity contribution in [1.82, 2.24) is 5.32 Å². The van der Waals surface area contributed by atoms with Gasteiger partial charge in [-0.1, -0.05) is 52.7 Å². The van der Waals surface area contributed by atoms with Crippen LogP contribution in [0.3, 0.4) is 0 Å². The fourth-order valence-corrected chi connectivity index (χ4v) is 2.91. The van der Waals surface area contributed by atoms with Crippen LogP contribution in [0.2, 0.25) is 0 Å². The monoisotopic (exact) mass is 293 g/mol. The molecular weight excluding hydrogens is 258 g/mol. The van der Waals surface area contributed by atoms with Gasteiger partial charge in [-0.05, 0) is 56.0 Å². The van der Waals surface area contributed by atoms with Gasteiger partial charge in [0.15, 0.2) is 0 Å². The highest BCUT2D eigenvalue weighted by atomic mass is 16.5. The van der Waals surface area contributed by atoms with Crippen LogP contribution in [0.25, 0.3) is 0 Å². The van der Waals surface area contributed by atoms with Crippen molar-refractivity contribution >= 4 is 0 Å². The highest BCUT2D eigenvalue weighted by Crippen LogP contribution is 2.43. The highest BCUT2D eigenvalue weighted by molar-refractivity contribution is 5.34.